The highest BCUT2D eigenvalue weighted by molar-refractivity contribution is 6.32. The van der Waals surface area contributed by atoms with Gasteiger partial charge in [-0.25, -0.2) is 4.68 Å². The smallest absolute Gasteiger partial charge is 0.287 e. The SMILES string of the molecule is CCn1ncc(NC(C)Cc2ccco2)c(Cl)c1=O. The lowest BCUT2D eigenvalue weighted by Crippen LogP contribution is -2.25. The molecule has 0 aliphatic carbocycles. The largest absolute Gasteiger partial charge is 0.469 e. The molecule has 102 valence electrons. The number of nitrogens with one attached hydrogen (secondary N) is 1. The highest BCUT2D eigenvalue weighted by atomic mass is 35.5. The molecule has 1 N–H and O–H groups in total. The summed E-state index contributed by atoms with van der Waals surface area (Å²) in [6, 6.07) is 3.84. The Morgan fingerprint density at radius 3 is 3.00 bits per heavy atom. The van der Waals surface area contributed by atoms with Gasteiger partial charge < -0.3 is 9.73 Å². The van der Waals surface area contributed by atoms with Crippen LogP contribution in [0.15, 0.2) is 33.8 Å². The highest BCUT2D eigenvalue weighted by Crippen LogP contribution is 2.17. The van der Waals surface area contributed by atoms with Crippen molar-refractivity contribution in [3.8, 4) is 0 Å². The molecule has 1 atom stereocenters. The maximum atomic E-state index is 11.8. The van der Waals surface area contributed by atoms with E-state index in [1.54, 1.807) is 12.5 Å². The van der Waals surface area contributed by atoms with Crippen molar-refractivity contribution in [1.29, 1.82) is 0 Å². The molecule has 0 fully saturated rings. The Hall–Kier alpha value is -1.75. The molecule has 0 amide bonds. The second kappa shape index (κ2) is 5.93. The molecule has 6 heteroatoms. The zero-order valence-corrected chi connectivity index (χ0v) is 11.6. The van der Waals surface area contributed by atoms with Crippen LogP contribution in [-0.2, 0) is 13.0 Å². The standard InChI is InChI=1S/C13H16ClN3O2/c1-3-17-13(18)12(14)11(8-15-17)16-9(2)7-10-5-4-6-19-10/h4-6,8-9,16H,3,7H2,1-2H3. The molecule has 1 unspecified atom stereocenters. The summed E-state index contributed by atoms with van der Waals surface area (Å²) >= 11 is 6.04. The van der Waals surface area contributed by atoms with Crippen LogP contribution in [0.5, 0.6) is 0 Å². The van der Waals surface area contributed by atoms with Crippen LogP contribution in [0.1, 0.15) is 19.6 Å². The summed E-state index contributed by atoms with van der Waals surface area (Å²) in [6.45, 7) is 4.34. The maximum absolute atomic E-state index is 11.8. The molecule has 0 aromatic carbocycles. The zero-order chi connectivity index (χ0) is 13.8. The van der Waals surface area contributed by atoms with Gasteiger partial charge in [-0.05, 0) is 26.0 Å². The first-order chi connectivity index (χ1) is 9.11. The normalized spacial score (nSPS) is 12.4. The van der Waals surface area contributed by atoms with Gasteiger partial charge in [-0.1, -0.05) is 11.6 Å². The zero-order valence-electron chi connectivity index (χ0n) is 10.9. The summed E-state index contributed by atoms with van der Waals surface area (Å²) in [7, 11) is 0. The molecule has 0 aliphatic heterocycles. The lowest BCUT2D eigenvalue weighted by Gasteiger charge is -2.15. The molecule has 0 saturated carbocycles. The van der Waals surface area contributed by atoms with E-state index < -0.39 is 0 Å². The Labute approximate surface area is 116 Å². The monoisotopic (exact) mass is 281 g/mol. The van der Waals surface area contributed by atoms with Crippen molar-refractivity contribution in [2.45, 2.75) is 32.9 Å². The predicted octanol–water partition coefficient (Wildman–Crippen LogP) is 2.55. The van der Waals surface area contributed by atoms with Gasteiger partial charge >= 0.3 is 0 Å². The third-order valence-electron chi connectivity index (χ3n) is 2.77. The fourth-order valence-corrected chi connectivity index (χ4v) is 2.04. The van der Waals surface area contributed by atoms with Crippen molar-refractivity contribution < 1.29 is 4.42 Å². The average Bonchev–Trinajstić information content (AvgIpc) is 2.88. The van der Waals surface area contributed by atoms with E-state index in [1.807, 2.05) is 26.0 Å². The summed E-state index contributed by atoms with van der Waals surface area (Å²) < 4.78 is 6.60. The van der Waals surface area contributed by atoms with Crippen molar-refractivity contribution in [1.82, 2.24) is 9.78 Å². The van der Waals surface area contributed by atoms with Crippen LogP contribution in [0.2, 0.25) is 5.02 Å². The molecule has 0 saturated heterocycles. The number of nitrogens with zero attached hydrogens (tertiary/aromatic N) is 2. The van der Waals surface area contributed by atoms with Gasteiger partial charge in [0, 0.05) is 19.0 Å². The van der Waals surface area contributed by atoms with E-state index in [1.165, 1.54) is 4.68 Å². The maximum Gasteiger partial charge on any atom is 0.287 e. The molecule has 2 heterocycles. The minimum atomic E-state index is -0.278. The van der Waals surface area contributed by atoms with Crippen molar-refractivity contribution in [2.75, 3.05) is 5.32 Å². The van der Waals surface area contributed by atoms with E-state index in [9.17, 15) is 4.79 Å². The van der Waals surface area contributed by atoms with E-state index in [4.69, 9.17) is 16.0 Å². The summed E-state index contributed by atoms with van der Waals surface area (Å²) in [6.07, 6.45) is 3.92. The number of furan rings is 1. The summed E-state index contributed by atoms with van der Waals surface area (Å²) in [5.41, 5.74) is 0.273. The van der Waals surface area contributed by atoms with Crippen LogP contribution >= 0.6 is 11.6 Å². The van der Waals surface area contributed by atoms with Crippen LogP contribution in [0.4, 0.5) is 5.69 Å². The topological polar surface area (TPSA) is 60.1 Å². The number of halogens is 1. The van der Waals surface area contributed by atoms with Crippen molar-refractivity contribution in [3.63, 3.8) is 0 Å². The fourth-order valence-electron chi connectivity index (χ4n) is 1.84. The molecule has 0 spiro atoms. The van der Waals surface area contributed by atoms with Gasteiger partial charge in [-0.3, -0.25) is 4.79 Å². The number of anilines is 1. The van der Waals surface area contributed by atoms with Gasteiger partial charge in [0.15, 0.2) is 0 Å². The Morgan fingerprint density at radius 2 is 2.37 bits per heavy atom. The van der Waals surface area contributed by atoms with Crippen LogP contribution in [0.25, 0.3) is 0 Å². The third-order valence-corrected chi connectivity index (χ3v) is 3.14. The van der Waals surface area contributed by atoms with Crippen molar-refractivity contribution >= 4 is 17.3 Å². The fraction of sp³-hybridized carbons (Fsp3) is 0.385. The van der Waals surface area contributed by atoms with E-state index >= 15 is 0 Å². The van der Waals surface area contributed by atoms with Gasteiger partial charge in [-0.2, -0.15) is 5.10 Å². The van der Waals surface area contributed by atoms with Crippen LogP contribution in [0.3, 0.4) is 0 Å². The molecule has 5 nitrogen and oxygen atoms in total. The molecular formula is C13H16ClN3O2. The molecular weight excluding hydrogens is 266 g/mol. The molecule has 19 heavy (non-hydrogen) atoms. The first-order valence-corrected chi connectivity index (χ1v) is 6.54. The molecule has 2 aromatic heterocycles. The van der Waals surface area contributed by atoms with Crippen LogP contribution < -0.4 is 10.9 Å². The molecule has 0 bridgehead atoms. The van der Waals surface area contributed by atoms with Gasteiger partial charge in [0.1, 0.15) is 10.8 Å². The van der Waals surface area contributed by atoms with Gasteiger partial charge in [0.05, 0.1) is 18.1 Å². The summed E-state index contributed by atoms with van der Waals surface area (Å²) in [4.78, 5) is 11.8. The second-order valence-corrected chi connectivity index (χ2v) is 4.70. The lowest BCUT2D eigenvalue weighted by molar-refractivity contribution is 0.497. The number of rotatable bonds is 5. The average molecular weight is 282 g/mol. The van der Waals surface area contributed by atoms with E-state index in [0.29, 0.717) is 18.7 Å². The first-order valence-electron chi connectivity index (χ1n) is 6.16. The predicted molar refractivity (Wildman–Crippen MR) is 74.7 cm³/mol. The Bertz CT molecular complexity index is 592. The Kier molecular flexibility index (Phi) is 4.27. The van der Waals surface area contributed by atoms with Crippen LogP contribution in [0, 0.1) is 0 Å². The summed E-state index contributed by atoms with van der Waals surface area (Å²) in [5, 5.41) is 7.38. The van der Waals surface area contributed by atoms with Crippen molar-refractivity contribution in [3.05, 3.63) is 45.7 Å². The van der Waals surface area contributed by atoms with Gasteiger partial charge in [0.25, 0.3) is 5.56 Å². The summed E-state index contributed by atoms with van der Waals surface area (Å²) in [5.74, 6) is 0.881. The number of aromatic nitrogens is 2. The lowest BCUT2D eigenvalue weighted by atomic mass is 10.2. The van der Waals surface area contributed by atoms with Gasteiger partial charge in [0.2, 0.25) is 0 Å². The minimum Gasteiger partial charge on any atom is -0.469 e. The molecule has 2 rings (SSSR count). The number of aryl methyl sites for hydroxylation is 1. The quantitative estimate of drug-likeness (QED) is 0.915. The van der Waals surface area contributed by atoms with E-state index in [2.05, 4.69) is 10.4 Å². The minimum absolute atomic E-state index is 0.0855. The van der Waals surface area contributed by atoms with E-state index in [-0.39, 0.29) is 16.6 Å². The second-order valence-electron chi connectivity index (χ2n) is 4.32. The molecule has 0 radical (unpaired) electrons. The number of hydrogen-bond acceptors (Lipinski definition) is 4. The van der Waals surface area contributed by atoms with E-state index in [0.717, 1.165) is 5.76 Å². The van der Waals surface area contributed by atoms with Crippen molar-refractivity contribution in [2.24, 2.45) is 0 Å². The number of hydrogen-bond donors (Lipinski definition) is 1. The highest BCUT2D eigenvalue weighted by Gasteiger charge is 2.12. The third kappa shape index (κ3) is 3.17. The Morgan fingerprint density at radius 1 is 1.58 bits per heavy atom. The first kappa shape index (κ1) is 13.7. The van der Waals surface area contributed by atoms with Crippen LogP contribution in [-0.4, -0.2) is 15.8 Å². The van der Waals surface area contributed by atoms with Gasteiger partial charge in [-0.15, -0.1) is 0 Å². The Balaban J connectivity index is 2.11. The molecule has 0 aliphatic rings. The molecule has 2 aromatic rings.